The second-order valence-corrected chi connectivity index (χ2v) is 6.56. The van der Waals surface area contributed by atoms with E-state index in [0.29, 0.717) is 11.3 Å². The van der Waals surface area contributed by atoms with Gasteiger partial charge in [-0.1, -0.05) is 6.07 Å². The third kappa shape index (κ3) is 2.58. The number of aryl methyl sites for hydroxylation is 1. The fourth-order valence-corrected chi connectivity index (χ4v) is 3.58. The van der Waals surface area contributed by atoms with Gasteiger partial charge in [0.25, 0.3) is 0 Å². The molecule has 1 aromatic carbocycles. The Morgan fingerprint density at radius 3 is 2.56 bits per heavy atom. The second kappa shape index (κ2) is 5.38. The summed E-state index contributed by atoms with van der Waals surface area (Å²) in [5, 5.41) is 0. The lowest BCUT2D eigenvalue weighted by atomic mass is 10.00. The molecule has 5 heteroatoms. The molecule has 0 aliphatic heterocycles. The lowest BCUT2D eigenvalue weighted by molar-refractivity contribution is 0.410. The first-order valence-electron chi connectivity index (χ1n) is 5.37. The van der Waals surface area contributed by atoms with E-state index in [2.05, 4.69) is 15.9 Å². The summed E-state index contributed by atoms with van der Waals surface area (Å²) in [6.45, 7) is 1.98. The predicted molar refractivity (Wildman–Crippen MR) is 75.7 cm³/mol. The monoisotopic (exact) mass is 329 g/mol. The van der Waals surface area contributed by atoms with Crippen molar-refractivity contribution in [3.05, 3.63) is 49.9 Å². The van der Waals surface area contributed by atoms with Gasteiger partial charge in [0.15, 0.2) is 0 Å². The molecular formula is C13H13BrFNOS. The average Bonchev–Trinajstić information content (AvgIpc) is 2.67. The number of rotatable bonds is 3. The van der Waals surface area contributed by atoms with Gasteiger partial charge >= 0.3 is 0 Å². The predicted octanol–water partition coefficient (Wildman–Crippen LogP) is 4.01. The van der Waals surface area contributed by atoms with E-state index in [-0.39, 0.29) is 5.82 Å². The maximum absolute atomic E-state index is 13.9. The molecule has 0 amide bonds. The number of halogens is 2. The Labute approximate surface area is 118 Å². The highest BCUT2D eigenvalue weighted by Crippen LogP contribution is 2.33. The van der Waals surface area contributed by atoms with E-state index >= 15 is 0 Å². The number of benzene rings is 1. The van der Waals surface area contributed by atoms with Crippen molar-refractivity contribution in [1.29, 1.82) is 0 Å². The number of hydrogen-bond donors (Lipinski definition) is 1. The molecule has 0 saturated carbocycles. The van der Waals surface area contributed by atoms with Crippen molar-refractivity contribution in [2.24, 2.45) is 5.73 Å². The van der Waals surface area contributed by atoms with E-state index in [1.807, 2.05) is 13.0 Å². The standard InChI is InChI=1S/C13H13BrFNOS/c1-7-10(6-12(14)18-7)13(16)9-4-3-8(17-2)5-11(9)15/h3-6,13H,16H2,1-2H3. The third-order valence-corrected chi connectivity index (χ3v) is 4.37. The maximum atomic E-state index is 13.9. The molecule has 0 radical (unpaired) electrons. The van der Waals surface area contributed by atoms with Crippen molar-refractivity contribution in [3.8, 4) is 5.75 Å². The van der Waals surface area contributed by atoms with E-state index in [0.717, 1.165) is 14.2 Å². The highest BCUT2D eigenvalue weighted by atomic mass is 79.9. The second-order valence-electron chi connectivity index (χ2n) is 3.93. The molecule has 0 aliphatic carbocycles. The van der Waals surface area contributed by atoms with Gasteiger partial charge in [-0.05, 0) is 40.5 Å². The minimum atomic E-state index is -0.460. The van der Waals surface area contributed by atoms with Gasteiger partial charge in [0, 0.05) is 16.5 Å². The molecule has 0 spiro atoms. The SMILES string of the molecule is COc1ccc(C(N)c2cc(Br)sc2C)c(F)c1. The maximum Gasteiger partial charge on any atom is 0.132 e. The van der Waals surface area contributed by atoms with Crippen LogP contribution in [-0.4, -0.2) is 7.11 Å². The van der Waals surface area contributed by atoms with Gasteiger partial charge in [0.2, 0.25) is 0 Å². The van der Waals surface area contributed by atoms with Gasteiger partial charge in [-0.15, -0.1) is 11.3 Å². The smallest absolute Gasteiger partial charge is 0.132 e. The lowest BCUT2D eigenvalue weighted by Crippen LogP contribution is -2.13. The van der Waals surface area contributed by atoms with Crippen molar-refractivity contribution in [2.45, 2.75) is 13.0 Å². The van der Waals surface area contributed by atoms with Gasteiger partial charge in [-0.3, -0.25) is 0 Å². The van der Waals surface area contributed by atoms with E-state index in [1.54, 1.807) is 23.5 Å². The third-order valence-electron chi connectivity index (χ3n) is 2.80. The molecule has 2 nitrogen and oxygen atoms in total. The van der Waals surface area contributed by atoms with Gasteiger partial charge in [0.05, 0.1) is 16.9 Å². The Morgan fingerprint density at radius 2 is 2.06 bits per heavy atom. The molecule has 1 aromatic heterocycles. The van der Waals surface area contributed by atoms with Gasteiger partial charge in [-0.2, -0.15) is 0 Å². The summed E-state index contributed by atoms with van der Waals surface area (Å²) < 4.78 is 19.9. The molecule has 0 bridgehead atoms. The van der Waals surface area contributed by atoms with E-state index < -0.39 is 6.04 Å². The van der Waals surface area contributed by atoms with Crippen LogP contribution in [0.2, 0.25) is 0 Å². The number of thiophene rings is 1. The van der Waals surface area contributed by atoms with Gasteiger partial charge in [-0.25, -0.2) is 4.39 Å². The Bertz CT molecular complexity index is 570. The Balaban J connectivity index is 2.39. The highest BCUT2D eigenvalue weighted by Gasteiger charge is 2.18. The summed E-state index contributed by atoms with van der Waals surface area (Å²) in [6, 6.07) is 6.22. The Kier molecular flexibility index (Phi) is 4.04. The van der Waals surface area contributed by atoms with Crippen LogP contribution in [0.1, 0.15) is 22.0 Å². The van der Waals surface area contributed by atoms with Gasteiger partial charge < -0.3 is 10.5 Å². The largest absolute Gasteiger partial charge is 0.497 e. The van der Waals surface area contributed by atoms with E-state index in [9.17, 15) is 4.39 Å². The van der Waals surface area contributed by atoms with Crippen molar-refractivity contribution in [1.82, 2.24) is 0 Å². The first-order valence-corrected chi connectivity index (χ1v) is 6.98. The molecule has 2 rings (SSSR count). The zero-order chi connectivity index (χ0) is 13.3. The van der Waals surface area contributed by atoms with Gasteiger partial charge in [0.1, 0.15) is 11.6 Å². The van der Waals surface area contributed by atoms with Crippen LogP contribution in [-0.2, 0) is 0 Å². The minimum absolute atomic E-state index is 0.344. The lowest BCUT2D eigenvalue weighted by Gasteiger charge is -2.13. The molecule has 1 atom stereocenters. The van der Waals surface area contributed by atoms with Crippen LogP contribution in [0.5, 0.6) is 5.75 Å². The summed E-state index contributed by atoms with van der Waals surface area (Å²) in [6.07, 6.45) is 0. The van der Waals surface area contributed by atoms with Crippen LogP contribution < -0.4 is 10.5 Å². The van der Waals surface area contributed by atoms with Crippen molar-refractivity contribution < 1.29 is 9.13 Å². The normalized spacial score (nSPS) is 12.5. The molecule has 2 N–H and O–H groups in total. The first kappa shape index (κ1) is 13.5. The minimum Gasteiger partial charge on any atom is -0.497 e. The first-order chi connectivity index (χ1) is 8.52. The van der Waals surface area contributed by atoms with E-state index in [4.69, 9.17) is 10.5 Å². The topological polar surface area (TPSA) is 35.2 Å². The number of methoxy groups -OCH3 is 1. The summed E-state index contributed by atoms with van der Waals surface area (Å²) in [5.41, 5.74) is 7.54. The molecule has 0 saturated heterocycles. The molecule has 96 valence electrons. The van der Waals surface area contributed by atoms with Crippen LogP contribution in [0.25, 0.3) is 0 Å². The number of ether oxygens (including phenoxy) is 1. The Hall–Kier alpha value is -0.910. The summed E-state index contributed by atoms with van der Waals surface area (Å²) in [5.74, 6) is 0.148. The average molecular weight is 330 g/mol. The highest BCUT2D eigenvalue weighted by molar-refractivity contribution is 9.11. The summed E-state index contributed by atoms with van der Waals surface area (Å²) >= 11 is 5.01. The van der Waals surface area contributed by atoms with Crippen LogP contribution in [0.4, 0.5) is 4.39 Å². The summed E-state index contributed by atoms with van der Waals surface area (Å²) in [4.78, 5) is 1.09. The van der Waals surface area contributed by atoms with E-state index in [1.165, 1.54) is 13.2 Å². The molecule has 18 heavy (non-hydrogen) atoms. The molecule has 1 heterocycles. The van der Waals surface area contributed by atoms with Crippen LogP contribution in [0.15, 0.2) is 28.1 Å². The van der Waals surface area contributed by atoms with Crippen LogP contribution >= 0.6 is 27.3 Å². The van der Waals surface area contributed by atoms with Crippen molar-refractivity contribution in [2.75, 3.05) is 7.11 Å². The van der Waals surface area contributed by atoms with Crippen molar-refractivity contribution in [3.63, 3.8) is 0 Å². The molecule has 1 unspecified atom stereocenters. The molecule has 0 aliphatic rings. The van der Waals surface area contributed by atoms with Crippen molar-refractivity contribution >= 4 is 27.3 Å². The summed E-state index contributed by atoms with van der Waals surface area (Å²) in [7, 11) is 1.51. The van der Waals surface area contributed by atoms with Crippen LogP contribution in [0, 0.1) is 12.7 Å². The molecule has 2 aromatic rings. The fourth-order valence-electron chi connectivity index (χ4n) is 1.82. The fraction of sp³-hybridized carbons (Fsp3) is 0.231. The Morgan fingerprint density at radius 1 is 1.33 bits per heavy atom. The molecular weight excluding hydrogens is 317 g/mol. The quantitative estimate of drug-likeness (QED) is 0.923. The van der Waals surface area contributed by atoms with Crippen LogP contribution in [0.3, 0.4) is 0 Å². The zero-order valence-electron chi connectivity index (χ0n) is 10.0. The number of nitrogens with two attached hydrogens (primary N) is 1. The zero-order valence-corrected chi connectivity index (χ0v) is 12.4. The number of hydrogen-bond acceptors (Lipinski definition) is 3. The molecule has 0 fully saturated rings.